The number of rotatable bonds is 5. The quantitative estimate of drug-likeness (QED) is 0.633. The predicted octanol–water partition coefficient (Wildman–Crippen LogP) is 4.79. The molecule has 23 heavy (non-hydrogen) atoms. The molecule has 0 N–H and O–H groups in total. The Morgan fingerprint density at radius 3 is 2.13 bits per heavy atom. The van der Waals surface area contributed by atoms with Gasteiger partial charge >= 0.3 is 5.97 Å². The van der Waals surface area contributed by atoms with Crippen LogP contribution in [-0.2, 0) is 4.74 Å². The Hall–Kier alpha value is -2.66. The van der Waals surface area contributed by atoms with E-state index in [9.17, 15) is 4.79 Å². The minimum Gasteiger partial charge on any atom is -0.461 e. The molecule has 1 aromatic heterocycles. The molecule has 0 atom stereocenters. The van der Waals surface area contributed by atoms with Crippen LogP contribution in [0.25, 0.3) is 0 Å². The minimum absolute atomic E-state index is 0.326. The van der Waals surface area contributed by atoms with E-state index < -0.39 is 5.97 Å². The van der Waals surface area contributed by atoms with Crippen molar-refractivity contribution in [1.82, 2.24) is 4.98 Å². The molecule has 0 saturated heterocycles. The van der Waals surface area contributed by atoms with Gasteiger partial charge in [-0.3, -0.25) is 4.90 Å². The zero-order valence-electron chi connectivity index (χ0n) is 12.7. The van der Waals surface area contributed by atoms with Crippen LogP contribution in [0.15, 0.2) is 66.2 Å². The monoisotopic (exact) mass is 324 g/mol. The van der Waals surface area contributed by atoms with Crippen LogP contribution in [0.4, 0.5) is 16.4 Å². The molecule has 2 aromatic carbocycles. The number of para-hydroxylation sites is 2. The van der Waals surface area contributed by atoms with Gasteiger partial charge in [0.2, 0.25) is 0 Å². The summed E-state index contributed by atoms with van der Waals surface area (Å²) in [5, 5.41) is 0.751. The molecule has 116 valence electrons. The van der Waals surface area contributed by atoms with Crippen LogP contribution in [0.3, 0.4) is 0 Å². The van der Waals surface area contributed by atoms with E-state index in [1.807, 2.05) is 65.6 Å². The number of carbonyl (C=O) groups excluding carboxylic acids is 1. The summed E-state index contributed by atoms with van der Waals surface area (Å²) in [4.78, 5) is 18.4. The first-order valence-corrected chi connectivity index (χ1v) is 8.20. The molecule has 0 fully saturated rings. The first-order chi connectivity index (χ1) is 11.3. The molecule has 3 rings (SSSR count). The maximum absolute atomic E-state index is 12.2. The zero-order chi connectivity index (χ0) is 16.1. The van der Waals surface area contributed by atoms with E-state index in [0.717, 1.165) is 16.4 Å². The molecule has 0 saturated carbocycles. The first kappa shape index (κ1) is 15.2. The molecular weight excluding hydrogens is 308 g/mol. The Balaban J connectivity index is 2.11. The highest BCUT2D eigenvalue weighted by molar-refractivity contribution is 7.14. The first-order valence-electron chi connectivity index (χ1n) is 7.32. The van der Waals surface area contributed by atoms with Gasteiger partial charge in [-0.25, -0.2) is 9.78 Å². The number of hydrogen-bond donors (Lipinski definition) is 0. The van der Waals surface area contributed by atoms with E-state index in [2.05, 4.69) is 4.98 Å². The number of aromatic nitrogens is 1. The molecule has 0 unspecified atom stereocenters. The number of thiazole rings is 1. The fourth-order valence-electron chi connectivity index (χ4n) is 2.28. The molecule has 0 radical (unpaired) electrons. The van der Waals surface area contributed by atoms with Crippen molar-refractivity contribution in [3.8, 4) is 0 Å². The molecule has 5 heteroatoms. The smallest absolute Gasteiger partial charge is 0.360 e. The Bertz CT molecular complexity index is 732. The molecule has 0 aliphatic heterocycles. The van der Waals surface area contributed by atoms with Crippen molar-refractivity contribution in [3.05, 3.63) is 71.9 Å². The summed E-state index contributed by atoms with van der Waals surface area (Å²) in [6.07, 6.45) is 0. The third-order valence-corrected chi connectivity index (χ3v) is 4.06. The number of hydrogen-bond acceptors (Lipinski definition) is 5. The normalized spacial score (nSPS) is 10.3. The maximum Gasteiger partial charge on any atom is 0.360 e. The second kappa shape index (κ2) is 7.07. The predicted molar refractivity (Wildman–Crippen MR) is 92.8 cm³/mol. The number of benzene rings is 2. The fourth-order valence-corrected chi connectivity index (χ4v) is 3.10. The average molecular weight is 324 g/mol. The van der Waals surface area contributed by atoms with Crippen LogP contribution in [0, 0.1) is 0 Å². The van der Waals surface area contributed by atoms with E-state index in [0.29, 0.717) is 12.3 Å². The van der Waals surface area contributed by atoms with Crippen molar-refractivity contribution < 1.29 is 9.53 Å². The second-order valence-corrected chi connectivity index (χ2v) is 5.57. The van der Waals surface area contributed by atoms with Gasteiger partial charge in [0.1, 0.15) is 5.00 Å². The van der Waals surface area contributed by atoms with E-state index in [4.69, 9.17) is 4.74 Å². The molecule has 3 aromatic rings. The van der Waals surface area contributed by atoms with Gasteiger partial charge in [0, 0.05) is 11.4 Å². The zero-order valence-corrected chi connectivity index (χ0v) is 13.5. The number of anilines is 3. The average Bonchev–Trinajstić information content (AvgIpc) is 3.07. The Kier molecular flexibility index (Phi) is 4.68. The highest BCUT2D eigenvalue weighted by atomic mass is 32.1. The van der Waals surface area contributed by atoms with Crippen molar-refractivity contribution in [3.63, 3.8) is 0 Å². The highest BCUT2D eigenvalue weighted by Crippen LogP contribution is 2.38. The number of ether oxygens (including phenoxy) is 1. The van der Waals surface area contributed by atoms with Crippen LogP contribution in [0.2, 0.25) is 0 Å². The Morgan fingerprint density at radius 1 is 1.04 bits per heavy atom. The van der Waals surface area contributed by atoms with Crippen molar-refractivity contribution in [2.75, 3.05) is 11.5 Å². The largest absolute Gasteiger partial charge is 0.461 e. The number of nitrogens with zero attached hydrogens (tertiary/aromatic N) is 2. The lowest BCUT2D eigenvalue weighted by Gasteiger charge is -2.24. The van der Waals surface area contributed by atoms with Crippen molar-refractivity contribution in [2.45, 2.75) is 6.92 Å². The molecule has 0 aliphatic carbocycles. The SMILES string of the molecule is CCOC(=O)c1ncsc1N(c1ccccc1)c1ccccc1. The summed E-state index contributed by atoms with van der Waals surface area (Å²) in [5.41, 5.74) is 3.94. The van der Waals surface area contributed by atoms with E-state index >= 15 is 0 Å². The van der Waals surface area contributed by atoms with Crippen LogP contribution < -0.4 is 4.90 Å². The maximum atomic E-state index is 12.2. The fraction of sp³-hybridized carbons (Fsp3) is 0.111. The van der Waals surface area contributed by atoms with Crippen molar-refractivity contribution in [1.29, 1.82) is 0 Å². The van der Waals surface area contributed by atoms with Crippen LogP contribution in [0.1, 0.15) is 17.4 Å². The Labute approximate surface area is 139 Å². The van der Waals surface area contributed by atoms with E-state index in [1.54, 1.807) is 12.4 Å². The lowest BCUT2D eigenvalue weighted by atomic mass is 10.2. The van der Waals surface area contributed by atoms with Gasteiger partial charge in [-0.05, 0) is 31.2 Å². The summed E-state index contributed by atoms with van der Waals surface area (Å²) in [6, 6.07) is 19.8. The summed E-state index contributed by atoms with van der Waals surface area (Å²) >= 11 is 1.42. The molecule has 0 aliphatic rings. The van der Waals surface area contributed by atoms with Gasteiger partial charge in [0.25, 0.3) is 0 Å². The number of esters is 1. The third-order valence-electron chi connectivity index (χ3n) is 3.25. The highest BCUT2D eigenvalue weighted by Gasteiger charge is 2.23. The molecule has 0 amide bonds. The van der Waals surface area contributed by atoms with Crippen molar-refractivity contribution in [2.24, 2.45) is 0 Å². The van der Waals surface area contributed by atoms with Gasteiger partial charge in [-0.1, -0.05) is 36.4 Å². The second-order valence-electron chi connectivity index (χ2n) is 4.73. The molecular formula is C18H16N2O2S. The number of carbonyl (C=O) groups is 1. The van der Waals surface area contributed by atoms with Gasteiger partial charge in [-0.2, -0.15) is 0 Å². The molecule has 4 nitrogen and oxygen atoms in total. The summed E-state index contributed by atoms with van der Waals surface area (Å²) in [5.74, 6) is -0.402. The van der Waals surface area contributed by atoms with Gasteiger partial charge in [0.05, 0.1) is 12.1 Å². The van der Waals surface area contributed by atoms with Crippen LogP contribution in [-0.4, -0.2) is 17.6 Å². The lowest BCUT2D eigenvalue weighted by molar-refractivity contribution is 0.0521. The molecule has 1 heterocycles. The summed E-state index contributed by atoms with van der Waals surface area (Å²) in [6.45, 7) is 2.11. The lowest BCUT2D eigenvalue weighted by Crippen LogP contribution is -2.14. The van der Waals surface area contributed by atoms with Crippen molar-refractivity contribution >= 4 is 33.7 Å². The Morgan fingerprint density at radius 2 is 1.61 bits per heavy atom. The standard InChI is InChI=1S/C18H16N2O2S/c1-2-22-18(21)16-17(23-13-19-16)20(14-9-5-3-6-10-14)15-11-7-4-8-12-15/h3-13H,2H2,1H3. The van der Waals surface area contributed by atoms with Crippen LogP contribution in [0.5, 0.6) is 0 Å². The molecule has 0 bridgehead atoms. The summed E-state index contributed by atoms with van der Waals surface area (Å²) in [7, 11) is 0. The van der Waals surface area contributed by atoms with Gasteiger partial charge in [0.15, 0.2) is 5.69 Å². The van der Waals surface area contributed by atoms with E-state index in [1.165, 1.54) is 11.3 Å². The molecule has 0 spiro atoms. The third kappa shape index (κ3) is 3.24. The minimum atomic E-state index is -0.402. The van der Waals surface area contributed by atoms with Gasteiger partial charge in [-0.15, -0.1) is 11.3 Å². The van der Waals surface area contributed by atoms with E-state index in [-0.39, 0.29) is 0 Å². The van der Waals surface area contributed by atoms with Crippen LogP contribution >= 0.6 is 11.3 Å². The van der Waals surface area contributed by atoms with Gasteiger partial charge < -0.3 is 4.74 Å². The summed E-state index contributed by atoms with van der Waals surface area (Å²) < 4.78 is 5.13. The topological polar surface area (TPSA) is 42.4 Å².